The highest BCUT2D eigenvalue weighted by molar-refractivity contribution is 14.0. The molecule has 0 aliphatic carbocycles. The SMILES string of the molecule is CCc1nn(C)c(CC)c1CNC(=NC)N1CCN(Cc2ccccc2)CC1.I. The lowest BCUT2D eigenvalue weighted by Gasteiger charge is -2.36. The van der Waals surface area contributed by atoms with Crippen molar-refractivity contribution in [1.29, 1.82) is 0 Å². The molecule has 1 aromatic carbocycles. The zero-order valence-corrected chi connectivity index (χ0v) is 20.5. The second-order valence-electron chi connectivity index (χ2n) is 7.35. The van der Waals surface area contributed by atoms with Crippen molar-refractivity contribution in [1.82, 2.24) is 24.9 Å². The van der Waals surface area contributed by atoms with Gasteiger partial charge < -0.3 is 10.2 Å². The maximum Gasteiger partial charge on any atom is 0.194 e. The molecule has 0 radical (unpaired) electrons. The summed E-state index contributed by atoms with van der Waals surface area (Å²) in [6.45, 7) is 10.3. The number of halogens is 1. The highest BCUT2D eigenvalue weighted by Crippen LogP contribution is 2.15. The average Bonchev–Trinajstić information content (AvgIpc) is 3.05. The number of benzene rings is 1. The van der Waals surface area contributed by atoms with Crippen LogP contribution in [0.1, 0.15) is 36.4 Å². The number of nitrogens with one attached hydrogen (secondary N) is 1. The van der Waals surface area contributed by atoms with Crippen LogP contribution in [0.25, 0.3) is 0 Å². The minimum absolute atomic E-state index is 0. The highest BCUT2D eigenvalue weighted by Gasteiger charge is 2.21. The number of hydrogen-bond acceptors (Lipinski definition) is 3. The molecule has 1 fully saturated rings. The molecule has 1 aromatic heterocycles. The standard InChI is InChI=1S/C22H34N6.HI/c1-5-20-19(21(6-2)26(4)25-20)16-24-22(23-3)28-14-12-27(13-15-28)17-18-10-8-7-9-11-18;/h7-11H,5-6,12-17H2,1-4H3,(H,23,24);1H. The molecule has 7 heteroatoms. The molecule has 3 rings (SSSR count). The summed E-state index contributed by atoms with van der Waals surface area (Å²) in [5, 5.41) is 8.27. The van der Waals surface area contributed by atoms with Gasteiger partial charge in [-0.15, -0.1) is 24.0 Å². The van der Waals surface area contributed by atoms with Crippen LogP contribution in [0.5, 0.6) is 0 Å². The molecule has 2 heterocycles. The van der Waals surface area contributed by atoms with Gasteiger partial charge in [0.05, 0.1) is 5.69 Å². The van der Waals surface area contributed by atoms with Gasteiger partial charge in [-0.05, 0) is 18.4 Å². The maximum absolute atomic E-state index is 4.68. The molecule has 160 valence electrons. The molecule has 2 aromatic rings. The van der Waals surface area contributed by atoms with E-state index in [1.54, 1.807) is 0 Å². The average molecular weight is 510 g/mol. The fraction of sp³-hybridized carbons (Fsp3) is 0.545. The van der Waals surface area contributed by atoms with Gasteiger partial charge in [-0.2, -0.15) is 5.10 Å². The summed E-state index contributed by atoms with van der Waals surface area (Å²) in [7, 11) is 3.92. The zero-order chi connectivity index (χ0) is 19.9. The first-order chi connectivity index (χ1) is 13.7. The van der Waals surface area contributed by atoms with E-state index in [-0.39, 0.29) is 24.0 Å². The molecule has 0 atom stereocenters. The lowest BCUT2D eigenvalue weighted by molar-refractivity contribution is 0.172. The van der Waals surface area contributed by atoms with E-state index in [1.165, 1.54) is 22.5 Å². The van der Waals surface area contributed by atoms with Gasteiger partial charge in [0.25, 0.3) is 0 Å². The molecule has 6 nitrogen and oxygen atoms in total. The lowest BCUT2D eigenvalue weighted by Crippen LogP contribution is -2.52. The normalized spacial score (nSPS) is 15.3. The number of nitrogens with zero attached hydrogens (tertiary/aromatic N) is 5. The van der Waals surface area contributed by atoms with Crippen molar-refractivity contribution in [2.75, 3.05) is 33.2 Å². The number of aliphatic imine (C=N–C) groups is 1. The Labute approximate surface area is 192 Å². The Morgan fingerprint density at radius 2 is 1.76 bits per heavy atom. The largest absolute Gasteiger partial charge is 0.352 e. The second kappa shape index (κ2) is 11.5. The van der Waals surface area contributed by atoms with Crippen LogP contribution in [0.3, 0.4) is 0 Å². The van der Waals surface area contributed by atoms with Crippen molar-refractivity contribution in [3.63, 3.8) is 0 Å². The Morgan fingerprint density at radius 1 is 1.07 bits per heavy atom. The lowest BCUT2D eigenvalue weighted by atomic mass is 10.1. The maximum atomic E-state index is 4.68. The summed E-state index contributed by atoms with van der Waals surface area (Å²) >= 11 is 0. The third-order valence-corrected chi connectivity index (χ3v) is 5.58. The van der Waals surface area contributed by atoms with Gasteiger partial charge in [-0.3, -0.25) is 14.6 Å². The predicted molar refractivity (Wildman–Crippen MR) is 131 cm³/mol. The Morgan fingerprint density at radius 3 is 2.34 bits per heavy atom. The Balaban J connectivity index is 0.00000300. The van der Waals surface area contributed by atoms with Crippen LogP contribution in [-0.2, 0) is 33.0 Å². The minimum Gasteiger partial charge on any atom is -0.352 e. The summed E-state index contributed by atoms with van der Waals surface area (Å²) in [6.07, 6.45) is 1.96. The molecule has 29 heavy (non-hydrogen) atoms. The highest BCUT2D eigenvalue weighted by atomic mass is 127. The van der Waals surface area contributed by atoms with Gasteiger partial charge in [0.1, 0.15) is 0 Å². The zero-order valence-electron chi connectivity index (χ0n) is 18.2. The Bertz CT molecular complexity index is 778. The molecule has 0 amide bonds. The number of hydrogen-bond donors (Lipinski definition) is 1. The molecule has 0 bridgehead atoms. The van der Waals surface area contributed by atoms with Crippen molar-refractivity contribution < 1.29 is 0 Å². The van der Waals surface area contributed by atoms with Gasteiger partial charge in [0.2, 0.25) is 0 Å². The molecule has 1 aliphatic rings. The van der Waals surface area contributed by atoms with E-state index in [2.05, 4.69) is 69.4 Å². The second-order valence-corrected chi connectivity index (χ2v) is 7.35. The van der Waals surface area contributed by atoms with E-state index in [4.69, 9.17) is 0 Å². The quantitative estimate of drug-likeness (QED) is 0.369. The van der Waals surface area contributed by atoms with Gasteiger partial charge in [0, 0.05) is 64.6 Å². The van der Waals surface area contributed by atoms with Crippen LogP contribution in [0.4, 0.5) is 0 Å². The third kappa shape index (κ3) is 5.94. The predicted octanol–water partition coefficient (Wildman–Crippen LogP) is 3.06. The van der Waals surface area contributed by atoms with E-state index in [9.17, 15) is 0 Å². The van der Waals surface area contributed by atoms with Gasteiger partial charge >= 0.3 is 0 Å². The number of aromatic nitrogens is 2. The molecule has 0 spiro atoms. The summed E-state index contributed by atoms with van der Waals surface area (Å²) in [5.74, 6) is 0.993. The van der Waals surface area contributed by atoms with Crippen molar-refractivity contribution in [2.24, 2.45) is 12.0 Å². The van der Waals surface area contributed by atoms with E-state index < -0.39 is 0 Å². The Kier molecular flexibility index (Phi) is 9.42. The van der Waals surface area contributed by atoms with Crippen molar-refractivity contribution in [2.45, 2.75) is 39.8 Å². The van der Waals surface area contributed by atoms with E-state index in [0.717, 1.165) is 58.1 Å². The molecule has 1 saturated heterocycles. The third-order valence-electron chi connectivity index (χ3n) is 5.58. The van der Waals surface area contributed by atoms with Crippen LogP contribution >= 0.6 is 24.0 Å². The first-order valence-electron chi connectivity index (χ1n) is 10.4. The first-order valence-corrected chi connectivity index (χ1v) is 10.4. The Hall–Kier alpha value is -1.61. The number of aryl methyl sites for hydroxylation is 2. The van der Waals surface area contributed by atoms with Gasteiger partial charge in [-0.1, -0.05) is 44.2 Å². The minimum atomic E-state index is 0. The number of guanidine groups is 1. The molecule has 1 N–H and O–H groups in total. The fourth-order valence-electron chi connectivity index (χ4n) is 4.05. The summed E-state index contributed by atoms with van der Waals surface area (Å²) in [5.41, 5.74) is 5.22. The topological polar surface area (TPSA) is 48.7 Å². The van der Waals surface area contributed by atoms with Crippen molar-refractivity contribution in [3.8, 4) is 0 Å². The number of rotatable bonds is 6. The fourth-order valence-corrected chi connectivity index (χ4v) is 4.05. The smallest absolute Gasteiger partial charge is 0.194 e. The van der Waals surface area contributed by atoms with Gasteiger partial charge in [-0.25, -0.2) is 0 Å². The molecular weight excluding hydrogens is 475 g/mol. The molecule has 0 unspecified atom stereocenters. The number of piperazine rings is 1. The van der Waals surface area contributed by atoms with Crippen LogP contribution in [0.2, 0.25) is 0 Å². The van der Waals surface area contributed by atoms with Crippen LogP contribution in [-0.4, -0.2) is 58.8 Å². The van der Waals surface area contributed by atoms with E-state index >= 15 is 0 Å². The van der Waals surface area contributed by atoms with E-state index in [1.807, 2.05) is 18.8 Å². The monoisotopic (exact) mass is 510 g/mol. The van der Waals surface area contributed by atoms with Crippen molar-refractivity contribution in [3.05, 3.63) is 52.8 Å². The molecular formula is C22H35IN6. The van der Waals surface area contributed by atoms with E-state index in [0.29, 0.717) is 0 Å². The van der Waals surface area contributed by atoms with Gasteiger partial charge in [0.15, 0.2) is 5.96 Å². The first kappa shape index (κ1) is 23.7. The summed E-state index contributed by atoms with van der Waals surface area (Å²) in [4.78, 5) is 9.43. The van der Waals surface area contributed by atoms with Crippen LogP contribution in [0.15, 0.2) is 35.3 Å². The molecule has 0 saturated carbocycles. The van der Waals surface area contributed by atoms with Crippen molar-refractivity contribution >= 4 is 29.9 Å². The summed E-state index contributed by atoms with van der Waals surface area (Å²) < 4.78 is 2.03. The van der Waals surface area contributed by atoms with Crippen LogP contribution in [0, 0.1) is 0 Å². The summed E-state index contributed by atoms with van der Waals surface area (Å²) in [6, 6.07) is 10.7. The molecule has 1 aliphatic heterocycles. The van der Waals surface area contributed by atoms with Crippen LogP contribution < -0.4 is 5.32 Å².